The zero-order valence-electron chi connectivity index (χ0n) is 11.3. The molecule has 0 saturated carbocycles. The van der Waals surface area contributed by atoms with Gasteiger partial charge in [0.05, 0.1) is 25.0 Å². The fraction of sp³-hybridized carbons (Fsp3) is 0.308. The van der Waals surface area contributed by atoms with Gasteiger partial charge in [-0.25, -0.2) is 9.67 Å². The highest BCUT2D eigenvalue weighted by Gasteiger charge is 2.06. The lowest BCUT2D eigenvalue weighted by molar-refractivity contribution is 0.309. The van der Waals surface area contributed by atoms with E-state index in [2.05, 4.69) is 10.1 Å². The summed E-state index contributed by atoms with van der Waals surface area (Å²) in [5.74, 6) is 0.468. The zero-order valence-corrected chi connectivity index (χ0v) is 12.1. The standard InChI is InChI=1S/C13H15N5O2S/c14-2-1-4-20-11-6-12(19)18(15-7-11)9-10-8-17-3-5-21-13(17)16-10/h3,5-8H,1-2,4,9,14H2. The van der Waals surface area contributed by atoms with Crippen LogP contribution in [0.4, 0.5) is 0 Å². The highest BCUT2D eigenvalue weighted by atomic mass is 32.1. The molecule has 0 aromatic carbocycles. The van der Waals surface area contributed by atoms with Crippen LogP contribution < -0.4 is 16.0 Å². The molecule has 3 aromatic heterocycles. The normalized spacial score (nSPS) is 11.1. The van der Waals surface area contributed by atoms with E-state index in [1.807, 2.05) is 22.2 Å². The van der Waals surface area contributed by atoms with Crippen molar-refractivity contribution >= 4 is 16.3 Å². The minimum Gasteiger partial charge on any atom is -0.492 e. The number of imidazole rings is 1. The largest absolute Gasteiger partial charge is 0.492 e. The molecule has 0 amide bonds. The van der Waals surface area contributed by atoms with E-state index < -0.39 is 0 Å². The van der Waals surface area contributed by atoms with Crippen molar-refractivity contribution in [3.63, 3.8) is 0 Å². The Balaban J connectivity index is 1.73. The summed E-state index contributed by atoms with van der Waals surface area (Å²) < 4.78 is 8.68. The van der Waals surface area contributed by atoms with Crippen LogP contribution in [0.2, 0.25) is 0 Å². The first kappa shape index (κ1) is 13.8. The van der Waals surface area contributed by atoms with Crippen molar-refractivity contribution in [2.45, 2.75) is 13.0 Å². The Morgan fingerprint density at radius 1 is 1.43 bits per heavy atom. The first-order chi connectivity index (χ1) is 10.3. The molecule has 0 aliphatic carbocycles. The molecule has 2 N–H and O–H groups in total. The van der Waals surface area contributed by atoms with Crippen LogP contribution in [0.3, 0.4) is 0 Å². The average Bonchev–Trinajstić information content (AvgIpc) is 3.03. The van der Waals surface area contributed by atoms with Crippen LogP contribution in [-0.2, 0) is 6.54 Å². The quantitative estimate of drug-likeness (QED) is 0.678. The van der Waals surface area contributed by atoms with E-state index in [0.717, 1.165) is 17.1 Å². The Hall–Kier alpha value is -2.19. The fourth-order valence-corrected chi connectivity index (χ4v) is 2.61. The van der Waals surface area contributed by atoms with Gasteiger partial charge in [0.15, 0.2) is 4.96 Å². The van der Waals surface area contributed by atoms with E-state index in [4.69, 9.17) is 10.5 Å². The second-order valence-electron chi connectivity index (χ2n) is 4.50. The highest BCUT2D eigenvalue weighted by Crippen LogP contribution is 2.12. The molecule has 0 spiro atoms. The number of aromatic nitrogens is 4. The van der Waals surface area contributed by atoms with Gasteiger partial charge in [-0.3, -0.25) is 9.20 Å². The maximum absolute atomic E-state index is 12.0. The summed E-state index contributed by atoms with van der Waals surface area (Å²) in [7, 11) is 0. The van der Waals surface area contributed by atoms with Gasteiger partial charge < -0.3 is 10.5 Å². The van der Waals surface area contributed by atoms with E-state index >= 15 is 0 Å². The predicted octanol–water partition coefficient (Wildman–Crippen LogP) is 0.728. The van der Waals surface area contributed by atoms with Crippen molar-refractivity contribution in [2.75, 3.05) is 13.2 Å². The maximum Gasteiger partial charge on any atom is 0.270 e. The Bertz CT molecular complexity index is 763. The van der Waals surface area contributed by atoms with Crippen molar-refractivity contribution in [2.24, 2.45) is 5.73 Å². The van der Waals surface area contributed by atoms with Gasteiger partial charge in [-0.15, -0.1) is 11.3 Å². The number of rotatable bonds is 6. The van der Waals surface area contributed by atoms with Gasteiger partial charge in [0, 0.05) is 23.8 Å². The van der Waals surface area contributed by atoms with Crippen molar-refractivity contribution in [1.29, 1.82) is 0 Å². The Labute approximate surface area is 124 Å². The number of nitrogens with two attached hydrogens (primary N) is 1. The number of ether oxygens (including phenoxy) is 1. The molecule has 0 bridgehead atoms. The molecule has 0 radical (unpaired) electrons. The molecule has 0 atom stereocenters. The van der Waals surface area contributed by atoms with Gasteiger partial charge in [-0.05, 0) is 13.0 Å². The zero-order chi connectivity index (χ0) is 14.7. The monoisotopic (exact) mass is 305 g/mol. The van der Waals surface area contributed by atoms with Crippen LogP contribution >= 0.6 is 11.3 Å². The molecular weight excluding hydrogens is 290 g/mol. The van der Waals surface area contributed by atoms with Crippen LogP contribution in [0, 0.1) is 0 Å². The molecule has 3 heterocycles. The van der Waals surface area contributed by atoms with Gasteiger partial charge in [0.25, 0.3) is 5.56 Å². The SMILES string of the molecule is NCCCOc1cnn(Cc2cn3ccsc3n2)c(=O)c1. The lowest BCUT2D eigenvalue weighted by Crippen LogP contribution is -2.23. The maximum atomic E-state index is 12.0. The highest BCUT2D eigenvalue weighted by molar-refractivity contribution is 7.15. The van der Waals surface area contributed by atoms with Crippen molar-refractivity contribution in [3.05, 3.63) is 46.1 Å². The van der Waals surface area contributed by atoms with E-state index in [9.17, 15) is 4.79 Å². The number of hydrogen-bond acceptors (Lipinski definition) is 6. The fourth-order valence-electron chi connectivity index (χ4n) is 1.89. The number of fused-ring (bicyclic) bond motifs is 1. The van der Waals surface area contributed by atoms with Gasteiger partial charge in [-0.2, -0.15) is 5.10 Å². The van der Waals surface area contributed by atoms with Gasteiger partial charge in [0.2, 0.25) is 0 Å². The van der Waals surface area contributed by atoms with Crippen LogP contribution in [0.5, 0.6) is 5.75 Å². The number of thiazole rings is 1. The molecule has 0 unspecified atom stereocenters. The molecule has 21 heavy (non-hydrogen) atoms. The summed E-state index contributed by atoms with van der Waals surface area (Å²) in [6, 6.07) is 1.43. The van der Waals surface area contributed by atoms with Gasteiger partial charge >= 0.3 is 0 Å². The molecule has 0 aliphatic heterocycles. The third kappa shape index (κ3) is 3.11. The van der Waals surface area contributed by atoms with E-state index in [1.165, 1.54) is 16.9 Å². The van der Waals surface area contributed by atoms with Crippen molar-refractivity contribution in [1.82, 2.24) is 19.2 Å². The first-order valence-corrected chi connectivity index (χ1v) is 7.45. The second-order valence-corrected chi connectivity index (χ2v) is 5.38. The van der Waals surface area contributed by atoms with Crippen LogP contribution in [0.25, 0.3) is 4.96 Å². The van der Waals surface area contributed by atoms with Crippen molar-refractivity contribution < 1.29 is 4.74 Å². The van der Waals surface area contributed by atoms with Gasteiger partial charge in [0.1, 0.15) is 5.75 Å². The third-order valence-corrected chi connectivity index (χ3v) is 3.69. The average molecular weight is 305 g/mol. The predicted molar refractivity (Wildman–Crippen MR) is 79.8 cm³/mol. The lowest BCUT2D eigenvalue weighted by atomic mass is 10.4. The van der Waals surface area contributed by atoms with Crippen molar-refractivity contribution in [3.8, 4) is 5.75 Å². The number of nitrogens with zero attached hydrogens (tertiary/aromatic N) is 4. The minimum atomic E-state index is -0.211. The summed E-state index contributed by atoms with van der Waals surface area (Å²) in [5.41, 5.74) is 5.97. The summed E-state index contributed by atoms with van der Waals surface area (Å²) in [4.78, 5) is 17.3. The summed E-state index contributed by atoms with van der Waals surface area (Å²) in [6.45, 7) is 1.39. The molecule has 3 rings (SSSR count). The van der Waals surface area contributed by atoms with E-state index in [1.54, 1.807) is 11.3 Å². The van der Waals surface area contributed by atoms with Crippen LogP contribution in [0.15, 0.2) is 34.8 Å². The molecule has 3 aromatic rings. The molecule has 0 aliphatic rings. The molecule has 7 nitrogen and oxygen atoms in total. The van der Waals surface area contributed by atoms with E-state index in [-0.39, 0.29) is 5.56 Å². The molecular formula is C13H15N5O2S. The summed E-state index contributed by atoms with van der Waals surface area (Å²) in [5, 5.41) is 6.07. The minimum absolute atomic E-state index is 0.211. The molecule has 0 saturated heterocycles. The van der Waals surface area contributed by atoms with Crippen LogP contribution in [-0.4, -0.2) is 32.3 Å². The van der Waals surface area contributed by atoms with Crippen LogP contribution in [0.1, 0.15) is 12.1 Å². The Kier molecular flexibility index (Phi) is 3.98. The Morgan fingerprint density at radius 2 is 2.33 bits per heavy atom. The Morgan fingerprint density at radius 3 is 3.10 bits per heavy atom. The third-order valence-electron chi connectivity index (χ3n) is 2.92. The topological polar surface area (TPSA) is 87.4 Å². The number of hydrogen-bond donors (Lipinski definition) is 1. The summed E-state index contributed by atoms with van der Waals surface area (Å²) in [6.07, 6.45) is 6.11. The smallest absolute Gasteiger partial charge is 0.270 e. The molecule has 8 heteroatoms. The van der Waals surface area contributed by atoms with Gasteiger partial charge in [-0.1, -0.05) is 0 Å². The molecule has 0 fully saturated rings. The molecule has 110 valence electrons. The second kappa shape index (κ2) is 6.06. The van der Waals surface area contributed by atoms with E-state index in [0.29, 0.717) is 25.4 Å². The lowest BCUT2D eigenvalue weighted by Gasteiger charge is -2.06. The first-order valence-electron chi connectivity index (χ1n) is 6.57. The summed E-state index contributed by atoms with van der Waals surface area (Å²) >= 11 is 1.55.